The SMILES string of the molecule is CC[Si](C)(C)OC. The summed E-state index contributed by atoms with van der Waals surface area (Å²) in [5, 5.41) is 0. The molecule has 0 rings (SSSR count). The quantitative estimate of drug-likeness (QED) is 0.503. The van der Waals surface area contributed by atoms with Crippen LogP contribution in [0.2, 0.25) is 19.1 Å². The highest BCUT2D eigenvalue weighted by Crippen LogP contribution is 2.06. The predicted octanol–water partition coefficient (Wildman–Crippen LogP) is 1.86. The monoisotopic (exact) mass is 118 g/mol. The zero-order chi connectivity index (χ0) is 5.91. The highest BCUT2D eigenvalue weighted by atomic mass is 28.4. The molecule has 0 aliphatic heterocycles. The van der Waals surface area contributed by atoms with Crippen molar-refractivity contribution in [3.63, 3.8) is 0 Å². The third kappa shape index (κ3) is 2.82. The van der Waals surface area contributed by atoms with Crippen LogP contribution in [0.15, 0.2) is 0 Å². The van der Waals surface area contributed by atoms with E-state index in [0.29, 0.717) is 0 Å². The highest BCUT2D eigenvalue weighted by Gasteiger charge is 2.15. The van der Waals surface area contributed by atoms with Crippen LogP contribution < -0.4 is 0 Å². The van der Waals surface area contributed by atoms with E-state index >= 15 is 0 Å². The zero-order valence-corrected chi connectivity index (χ0v) is 6.62. The minimum absolute atomic E-state index is 1.15. The van der Waals surface area contributed by atoms with E-state index in [-0.39, 0.29) is 0 Å². The van der Waals surface area contributed by atoms with Crippen LogP contribution in [0, 0.1) is 0 Å². The van der Waals surface area contributed by atoms with Crippen molar-refractivity contribution in [2.24, 2.45) is 0 Å². The molecule has 0 unspecified atom stereocenters. The molecule has 0 heterocycles. The molecule has 0 fully saturated rings. The van der Waals surface area contributed by atoms with Gasteiger partial charge >= 0.3 is 0 Å². The molecular formula is C5H14OSi. The van der Waals surface area contributed by atoms with E-state index in [1.165, 1.54) is 6.04 Å². The maximum absolute atomic E-state index is 5.23. The molecule has 1 nitrogen and oxygen atoms in total. The minimum Gasteiger partial charge on any atom is -0.420 e. The Morgan fingerprint density at radius 1 is 1.43 bits per heavy atom. The van der Waals surface area contributed by atoms with E-state index in [1.54, 1.807) is 7.11 Å². The van der Waals surface area contributed by atoms with Crippen molar-refractivity contribution in [3.05, 3.63) is 0 Å². The van der Waals surface area contributed by atoms with Crippen molar-refractivity contribution in [2.45, 2.75) is 26.1 Å². The van der Waals surface area contributed by atoms with Gasteiger partial charge < -0.3 is 4.43 Å². The largest absolute Gasteiger partial charge is 0.420 e. The van der Waals surface area contributed by atoms with Crippen molar-refractivity contribution >= 4 is 8.32 Å². The van der Waals surface area contributed by atoms with Crippen molar-refractivity contribution in [1.82, 2.24) is 0 Å². The zero-order valence-electron chi connectivity index (χ0n) is 5.62. The lowest BCUT2D eigenvalue weighted by atomic mass is 11.0. The molecule has 44 valence electrons. The summed E-state index contributed by atoms with van der Waals surface area (Å²) in [5.74, 6) is 0. The van der Waals surface area contributed by atoms with E-state index in [4.69, 9.17) is 4.43 Å². The van der Waals surface area contributed by atoms with Gasteiger partial charge in [-0.15, -0.1) is 0 Å². The summed E-state index contributed by atoms with van der Waals surface area (Å²) < 4.78 is 5.23. The third-order valence-electron chi connectivity index (χ3n) is 1.40. The summed E-state index contributed by atoms with van der Waals surface area (Å²) in [6.45, 7) is 6.61. The Morgan fingerprint density at radius 3 is 1.86 bits per heavy atom. The molecule has 0 atom stereocenters. The molecule has 0 spiro atoms. The summed E-state index contributed by atoms with van der Waals surface area (Å²) in [6.07, 6.45) is 0. The molecule has 0 saturated heterocycles. The van der Waals surface area contributed by atoms with Gasteiger partial charge in [-0.2, -0.15) is 0 Å². The second-order valence-electron chi connectivity index (χ2n) is 2.32. The molecule has 0 radical (unpaired) electrons. The summed E-state index contributed by atoms with van der Waals surface area (Å²) in [6, 6.07) is 1.21. The van der Waals surface area contributed by atoms with Crippen LogP contribution in [-0.2, 0) is 4.43 Å². The van der Waals surface area contributed by atoms with Crippen molar-refractivity contribution in [1.29, 1.82) is 0 Å². The molecule has 0 aromatic carbocycles. The van der Waals surface area contributed by atoms with Gasteiger partial charge in [0.2, 0.25) is 0 Å². The van der Waals surface area contributed by atoms with Gasteiger partial charge in [0.1, 0.15) is 0 Å². The first-order valence-corrected chi connectivity index (χ1v) is 5.79. The summed E-state index contributed by atoms with van der Waals surface area (Å²) in [7, 11) is 0.650. The van der Waals surface area contributed by atoms with Crippen LogP contribution in [0.25, 0.3) is 0 Å². The van der Waals surface area contributed by atoms with Gasteiger partial charge in [-0.05, 0) is 19.1 Å². The number of hydrogen-bond donors (Lipinski definition) is 0. The van der Waals surface area contributed by atoms with E-state index in [2.05, 4.69) is 20.0 Å². The van der Waals surface area contributed by atoms with Gasteiger partial charge in [0.25, 0.3) is 0 Å². The maximum atomic E-state index is 5.23. The highest BCUT2D eigenvalue weighted by molar-refractivity contribution is 6.70. The summed E-state index contributed by atoms with van der Waals surface area (Å²) in [5.41, 5.74) is 0. The standard InChI is InChI=1S/C5H14OSi/c1-5-7(3,4)6-2/h5H2,1-4H3. The fraction of sp³-hybridized carbons (Fsp3) is 1.00. The van der Waals surface area contributed by atoms with Crippen LogP contribution in [0.1, 0.15) is 6.92 Å². The molecule has 0 saturated carbocycles. The Balaban J connectivity index is 3.36. The molecular weight excluding hydrogens is 104 g/mol. The average Bonchev–Trinajstić information content (AvgIpc) is 1.68. The lowest BCUT2D eigenvalue weighted by molar-refractivity contribution is 0.405. The van der Waals surface area contributed by atoms with Crippen molar-refractivity contribution in [3.8, 4) is 0 Å². The van der Waals surface area contributed by atoms with E-state index in [0.717, 1.165) is 0 Å². The first-order valence-electron chi connectivity index (χ1n) is 2.67. The van der Waals surface area contributed by atoms with Gasteiger partial charge in [-0.3, -0.25) is 0 Å². The topological polar surface area (TPSA) is 9.23 Å². The van der Waals surface area contributed by atoms with Crippen molar-refractivity contribution in [2.75, 3.05) is 7.11 Å². The molecule has 0 aromatic rings. The lowest BCUT2D eigenvalue weighted by Gasteiger charge is -2.15. The van der Waals surface area contributed by atoms with Gasteiger partial charge in [-0.1, -0.05) is 6.92 Å². The normalized spacial score (nSPS) is 12.0. The predicted molar refractivity (Wildman–Crippen MR) is 35.0 cm³/mol. The van der Waals surface area contributed by atoms with Crippen LogP contribution in [0.4, 0.5) is 0 Å². The summed E-state index contributed by atoms with van der Waals surface area (Å²) >= 11 is 0. The Kier molecular flexibility index (Phi) is 2.54. The Labute approximate surface area is 46.8 Å². The molecule has 0 aromatic heterocycles. The summed E-state index contributed by atoms with van der Waals surface area (Å²) in [4.78, 5) is 0. The number of rotatable bonds is 2. The minimum atomic E-state index is -1.15. The second kappa shape index (κ2) is 2.48. The molecule has 0 amide bonds. The second-order valence-corrected chi connectivity index (χ2v) is 6.95. The molecule has 0 N–H and O–H groups in total. The number of hydrogen-bond acceptors (Lipinski definition) is 1. The van der Waals surface area contributed by atoms with Crippen LogP contribution >= 0.6 is 0 Å². The Hall–Kier alpha value is 0.177. The van der Waals surface area contributed by atoms with Gasteiger partial charge in [-0.25, -0.2) is 0 Å². The molecule has 7 heavy (non-hydrogen) atoms. The molecule has 0 bridgehead atoms. The fourth-order valence-electron chi connectivity index (χ4n) is 0.144. The van der Waals surface area contributed by atoms with Crippen LogP contribution in [0.5, 0.6) is 0 Å². The first kappa shape index (κ1) is 7.18. The van der Waals surface area contributed by atoms with E-state index in [9.17, 15) is 0 Å². The molecule has 0 aliphatic rings. The third-order valence-corrected chi connectivity index (χ3v) is 4.21. The fourth-order valence-corrected chi connectivity index (χ4v) is 0.433. The van der Waals surface area contributed by atoms with Gasteiger partial charge in [0.15, 0.2) is 8.32 Å². The van der Waals surface area contributed by atoms with E-state index in [1.807, 2.05) is 0 Å². The van der Waals surface area contributed by atoms with E-state index < -0.39 is 8.32 Å². The van der Waals surface area contributed by atoms with Crippen molar-refractivity contribution < 1.29 is 4.43 Å². The van der Waals surface area contributed by atoms with Gasteiger partial charge in [0.05, 0.1) is 0 Å². The maximum Gasteiger partial charge on any atom is 0.185 e. The first-order chi connectivity index (χ1) is 3.12. The Bertz CT molecular complexity index is 46.0. The molecule has 2 heteroatoms. The van der Waals surface area contributed by atoms with Crippen LogP contribution in [-0.4, -0.2) is 15.4 Å². The lowest BCUT2D eigenvalue weighted by Crippen LogP contribution is -2.26. The Morgan fingerprint density at radius 2 is 1.86 bits per heavy atom. The molecule has 0 aliphatic carbocycles. The smallest absolute Gasteiger partial charge is 0.185 e. The van der Waals surface area contributed by atoms with Gasteiger partial charge in [0, 0.05) is 7.11 Å². The van der Waals surface area contributed by atoms with Crippen LogP contribution in [0.3, 0.4) is 0 Å². The average molecular weight is 118 g/mol.